The van der Waals surface area contributed by atoms with E-state index < -0.39 is 23.3 Å². The van der Waals surface area contributed by atoms with Gasteiger partial charge in [0.2, 0.25) is 0 Å². The molecular formula is C20H23F2N3O2. The minimum absolute atomic E-state index is 0.174. The number of aromatic nitrogens is 2. The molecule has 0 radical (unpaired) electrons. The summed E-state index contributed by atoms with van der Waals surface area (Å²) in [6.07, 6.45) is 2.25. The van der Waals surface area contributed by atoms with E-state index >= 15 is 0 Å². The van der Waals surface area contributed by atoms with Crippen LogP contribution in [0.15, 0.2) is 29.3 Å². The number of amides is 1. The average molecular weight is 375 g/mol. The van der Waals surface area contributed by atoms with Gasteiger partial charge in [0.25, 0.3) is 5.78 Å². The molecule has 0 saturated heterocycles. The van der Waals surface area contributed by atoms with Gasteiger partial charge in [0.1, 0.15) is 11.6 Å². The predicted octanol–water partition coefficient (Wildman–Crippen LogP) is 3.12. The summed E-state index contributed by atoms with van der Waals surface area (Å²) in [6.45, 7) is 6.86. The molecule has 0 bridgehead atoms. The van der Waals surface area contributed by atoms with Gasteiger partial charge in [-0.05, 0) is 30.9 Å². The first-order valence-electron chi connectivity index (χ1n) is 8.93. The molecule has 0 spiro atoms. The van der Waals surface area contributed by atoms with Crippen LogP contribution in [0.25, 0.3) is 0 Å². The summed E-state index contributed by atoms with van der Waals surface area (Å²) < 4.78 is 30.5. The molecule has 3 rings (SSSR count). The molecule has 27 heavy (non-hydrogen) atoms. The number of benzene rings is 1. The molecule has 0 atom stereocenters. The van der Waals surface area contributed by atoms with Crippen LogP contribution in [0.5, 0.6) is 0 Å². The highest BCUT2D eigenvalue weighted by Crippen LogP contribution is 2.30. The van der Waals surface area contributed by atoms with E-state index in [0.717, 1.165) is 30.7 Å². The zero-order chi connectivity index (χ0) is 19.9. The Labute approximate surface area is 156 Å². The smallest absolute Gasteiger partial charge is 0.291 e. The third-order valence-electron chi connectivity index (χ3n) is 4.67. The molecular weight excluding hydrogens is 352 g/mol. The number of nitrogens with zero attached hydrogens (tertiary/aromatic N) is 3. The lowest BCUT2D eigenvalue weighted by atomic mass is 9.92. The minimum Gasteiger partial charge on any atom is -0.291 e. The fourth-order valence-electron chi connectivity index (χ4n) is 3.09. The second-order valence-corrected chi connectivity index (χ2v) is 8.09. The Morgan fingerprint density at radius 3 is 2.22 bits per heavy atom. The first kappa shape index (κ1) is 19.2. The highest BCUT2D eigenvalue weighted by Gasteiger charge is 2.26. The van der Waals surface area contributed by atoms with Crippen molar-refractivity contribution in [2.75, 3.05) is 0 Å². The van der Waals surface area contributed by atoms with E-state index in [1.54, 1.807) is 6.07 Å². The minimum atomic E-state index is -1.05. The second kappa shape index (κ2) is 6.87. The summed E-state index contributed by atoms with van der Waals surface area (Å²) >= 11 is 0. The fraction of sp³-hybridized carbons (Fsp3) is 0.450. The van der Waals surface area contributed by atoms with Gasteiger partial charge in [0.05, 0.1) is 0 Å². The van der Waals surface area contributed by atoms with Crippen molar-refractivity contribution in [2.24, 2.45) is 18.0 Å². The van der Waals surface area contributed by atoms with Crippen LogP contribution in [-0.2, 0) is 23.8 Å². The first-order valence-corrected chi connectivity index (χ1v) is 8.93. The predicted molar refractivity (Wildman–Crippen MR) is 96.1 cm³/mol. The molecule has 2 aromatic rings. The summed E-state index contributed by atoms with van der Waals surface area (Å²) in [4.78, 5) is 28.7. The summed E-state index contributed by atoms with van der Waals surface area (Å²) in [5.74, 6) is -3.37. The number of hydrogen-bond donors (Lipinski definition) is 0. The number of ketones is 1. The number of carbonyl (C=O) groups excluding carboxylic acids is 2. The molecule has 1 aromatic heterocycles. The Hall–Kier alpha value is -2.57. The van der Waals surface area contributed by atoms with Crippen molar-refractivity contribution in [3.63, 3.8) is 0 Å². The Morgan fingerprint density at radius 1 is 1.11 bits per heavy atom. The van der Waals surface area contributed by atoms with Gasteiger partial charge in [-0.1, -0.05) is 20.8 Å². The normalized spacial score (nSPS) is 15.3. The van der Waals surface area contributed by atoms with E-state index in [0.29, 0.717) is 24.0 Å². The number of halogens is 2. The Kier molecular flexibility index (Phi) is 4.88. The average Bonchev–Trinajstić information content (AvgIpc) is 3.31. The molecule has 0 N–H and O–H groups in total. The van der Waals surface area contributed by atoms with Gasteiger partial charge < -0.3 is 0 Å². The van der Waals surface area contributed by atoms with Crippen molar-refractivity contribution in [3.8, 4) is 0 Å². The highest BCUT2D eigenvalue weighted by atomic mass is 19.1. The number of carbonyl (C=O) groups is 2. The van der Waals surface area contributed by atoms with E-state index in [9.17, 15) is 18.4 Å². The maximum atomic E-state index is 13.3. The van der Waals surface area contributed by atoms with Crippen LogP contribution < -0.4 is 5.49 Å². The van der Waals surface area contributed by atoms with Crippen LogP contribution in [0.3, 0.4) is 0 Å². The van der Waals surface area contributed by atoms with Crippen LogP contribution in [0.1, 0.15) is 49.7 Å². The third kappa shape index (κ3) is 4.23. The highest BCUT2D eigenvalue weighted by molar-refractivity contribution is 6.43. The SMILES string of the molecule is Cn1c(C(C)(C)C)c/c(=N\C(=O)C(=O)c2cc(F)cc(F)c2)n1CC1CC1. The largest absolute Gasteiger partial charge is 0.320 e. The molecule has 1 aliphatic carbocycles. The Bertz CT molecular complexity index is 956. The molecule has 0 aliphatic heterocycles. The summed E-state index contributed by atoms with van der Waals surface area (Å²) in [6, 6.07) is 4.11. The zero-order valence-corrected chi connectivity index (χ0v) is 15.9. The molecule has 1 aromatic carbocycles. The van der Waals surface area contributed by atoms with E-state index in [1.165, 1.54) is 0 Å². The van der Waals surface area contributed by atoms with E-state index in [4.69, 9.17) is 0 Å². The van der Waals surface area contributed by atoms with Crippen LogP contribution >= 0.6 is 0 Å². The van der Waals surface area contributed by atoms with Crippen LogP contribution in [0.4, 0.5) is 8.78 Å². The van der Waals surface area contributed by atoms with Crippen molar-refractivity contribution < 1.29 is 18.4 Å². The van der Waals surface area contributed by atoms with Gasteiger partial charge in [-0.25, -0.2) is 8.78 Å². The van der Waals surface area contributed by atoms with Crippen molar-refractivity contribution in [1.82, 2.24) is 9.36 Å². The molecule has 7 heteroatoms. The molecule has 1 aliphatic rings. The van der Waals surface area contributed by atoms with Gasteiger partial charge in [0, 0.05) is 42.4 Å². The standard InChI is InChI=1S/C20H23F2N3O2/c1-20(2,3)16-10-17(25(24(16)4)11-12-5-6-12)23-19(27)18(26)13-7-14(21)9-15(22)8-13/h7-10,12H,5-6,11H2,1-4H3/b23-17+. The quantitative estimate of drug-likeness (QED) is 0.609. The Morgan fingerprint density at radius 2 is 1.70 bits per heavy atom. The summed E-state index contributed by atoms with van der Waals surface area (Å²) in [7, 11) is 1.90. The van der Waals surface area contributed by atoms with E-state index in [-0.39, 0.29) is 11.0 Å². The molecule has 1 fully saturated rings. The van der Waals surface area contributed by atoms with Gasteiger partial charge >= 0.3 is 5.91 Å². The summed E-state index contributed by atoms with van der Waals surface area (Å²) in [5.41, 5.74) is 0.831. The molecule has 0 unspecified atom stereocenters. The maximum Gasteiger partial charge on any atom is 0.320 e. The molecule has 1 saturated carbocycles. The van der Waals surface area contributed by atoms with Gasteiger partial charge in [0.15, 0.2) is 5.49 Å². The summed E-state index contributed by atoms with van der Waals surface area (Å²) in [5, 5.41) is 0. The fourth-order valence-corrected chi connectivity index (χ4v) is 3.09. The van der Waals surface area contributed by atoms with Crippen LogP contribution in [0, 0.1) is 17.6 Å². The van der Waals surface area contributed by atoms with Gasteiger partial charge in [-0.2, -0.15) is 4.99 Å². The van der Waals surface area contributed by atoms with E-state index in [1.807, 2.05) is 16.4 Å². The van der Waals surface area contributed by atoms with E-state index in [2.05, 4.69) is 25.8 Å². The number of Topliss-reactive ketones (excluding diaryl/α,β-unsaturated/α-hetero) is 1. The second-order valence-electron chi connectivity index (χ2n) is 8.09. The van der Waals surface area contributed by atoms with Gasteiger partial charge in [-0.3, -0.25) is 19.0 Å². The number of rotatable bonds is 4. The molecule has 5 nitrogen and oxygen atoms in total. The number of hydrogen-bond acceptors (Lipinski definition) is 2. The monoisotopic (exact) mass is 375 g/mol. The lowest BCUT2D eigenvalue weighted by molar-refractivity contribution is -0.114. The Balaban J connectivity index is 2.02. The van der Waals surface area contributed by atoms with Crippen LogP contribution in [-0.4, -0.2) is 21.1 Å². The topological polar surface area (TPSA) is 56.4 Å². The first-order chi connectivity index (χ1) is 12.6. The molecule has 1 heterocycles. The van der Waals surface area contributed by atoms with Crippen molar-refractivity contribution >= 4 is 11.7 Å². The van der Waals surface area contributed by atoms with Crippen molar-refractivity contribution in [2.45, 2.75) is 45.6 Å². The molecule has 144 valence electrons. The lowest BCUT2D eigenvalue weighted by Gasteiger charge is -2.20. The van der Waals surface area contributed by atoms with Crippen molar-refractivity contribution in [1.29, 1.82) is 0 Å². The molecule has 1 amide bonds. The zero-order valence-electron chi connectivity index (χ0n) is 15.9. The van der Waals surface area contributed by atoms with Crippen molar-refractivity contribution in [3.05, 3.63) is 52.6 Å². The van der Waals surface area contributed by atoms with Crippen LogP contribution in [0.2, 0.25) is 0 Å². The van der Waals surface area contributed by atoms with Gasteiger partial charge in [-0.15, -0.1) is 0 Å². The third-order valence-corrected chi connectivity index (χ3v) is 4.67. The lowest BCUT2D eigenvalue weighted by Crippen LogP contribution is -2.27. The maximum absolute atomic E-state index is 13.3.